The lowest BCUT2D eigenvalue weighted by molar-refractivity contribution is 0.171. The van der Waals surface area contributed by atoms with Gasteiger partial charge in [0.15, 0.2) is 11.5 Å². The minimum Gasteiger partial charge on any atom is -0.486 e. The fraction of sp³-hybridized carbons (Fsp3) is 0.500. The van der Waals surface area contributed by atoms with Gasteiger partial charge in [0.1, 0.15) is 13.2 Å². The first kappa shape index (κ1) is 13.5. The fourth-order valence-corrected chi connectivity index (χ4v) is 1.76. The highest BCUT2D eigenvalue weighted by molar-refractivity contribution is 5.92. The molecule has 0 atom stereocenters. The lowest BCUT2D eigenvalue weighted by Gasteiger charge is -2.26. The Balaban J connectivity index is 2.15. The van der Waals surface area contributed by atoms with E-state index in [1.54, 1.807) is 11.9 Å². The minimum absolute atomic E-state index is 0.149. The number of hydrogen-bond donors (Lipinski definition) is 1. The molecule has 2 amide bonds. The zero-order chi connectivity index (χ0) is 14.0. The van der Waals surface area contributed by atoms with Crippen LogP contribution >= 0.6 is 0 Å². The van der Waals surface area contributed by atoms with Gasteiger partial charge in [-0.25, -0.2) is 4.79 Å². The van der Waals surface area contributed by atoms with E-state index >= 15 is 0 Å². The number of nitrogens with zero attached hydrogens (tertiary/aromatic N) is 1. The number of hydrogen-bond acceptors (Lipinski definition) is 3. The molecule has 0 radical (unpaired) electrons. The SMILES string of the molecule is CN(C(=O)NC(C)(C)C)c1ccc2c(c1)OCCO2. The predicted molar refractivity (Wildman–Crippen MR) is 74.1 cm³/mol. The number of urea groups is 1. The Morgan fingerprint density at radius 1 is 1.21 bits per heavy atom. The van der Waals surface area contributed by atoms with Crippen LogP contribution in [-0.4, -0.2) is 31.8 Å². The van der Waals surface area contributed by atoms with Crippen molar-refractivity contribution in [2.75, 3.05) is 25.2 Å². The number of nitrogens with one attached hydrogen (secondary N) is 1. The summed E-state index contributed by atoms with van der Waals surface area (Å²) in [5.41, 5.74) is 0.505. The highest BCUT2D eigenvalue weighted by atomic mass is 16.6. The molecule has 5 nitrogen and oxygen atoms in total. The maximum Gasteiger partial charge on any atom is 0.322 e. The van der Waals surface area contributed by atoms with E-state index in [1.165, 1.54) is 0 Å². The Hall–Kier alpha value is -1.91. The number of carbonyl (C=O) groups excluding carboxylic acids is 1. The maximum absolute atomic E-state index is 12.1. The second-order valence-corrected chi connectivity index (χ2v) is 5.57. The molecule has 5 heteroatoms. The van der Waals surface area contributed by atoms with Gasteiger partial charge in [-0.05, 0) is 32.9 Å². The molecule has 0 spiro atoms. The summed E-state index contributed by atoms with van der Waals surface area (Å²) >= 11 is 0. The Morgan fingerprint density at radius 3 is 2.47 bits per heavy atom. The van der Waals surface area contributed by atoms with Crippen LogP contribution in [0.4, 0.5) is 10.5 Å². The van der Waals surface area contributed by atoms with E-state index in [1.807, 2.05) is 39.0 Å². The fourth-order valence-electron chi connectivity index (χ4n) is 1.76. The Labute approximate surface area is 113 Å². The van der Waals surface area contributed by atoms with Crippen LogP contribution in [0.5, 0.6) is 11.5 Å². The van der Waals surface area contributed by atoms with Crippen LogP contribution in [0, 0.1) is 0 Å². The number of fused-ring (bicyclic) bond motifs is 1. The summed E-state index contributed by atoms with van der Waals surface area (Å²) in [4.78, 5) is 13.6. The first-order chi connectivity index (χ1) is 8.87. The van der Waals surface area contributed by atoms with Gasteiger partial charge < -0.3 is 14.8 Å². The zero-order valence-electron chi connectivity index (χ0n) is 11.8. The van der Waals surface area contributed by atoms with Gasteiger partial charge in [0, 0.05) is 24.3 Å². The molecular weight excluding hydrogens is 244 g/mol. The van der Waals surface area contributed by atoms with Crippen LogP contribution in [0.25, 0.3) is 0 Å². The first-order valence-electron chi connectivity index (χ1n) is 6.32. The molecule has 1 N–H and O–H groups in total. The van der Waals surface area contributed by atoms with Crippen molar-refractivity contribution in [3.63, 3.8) is 0 Å². The number of amides is 2. The maximum atomic E-state index is 12.1. The average molecular weight is 264 g/mol. The lowest BCUT2D eigenvalue weighted by Crippen LogP contribution is -2.47. The van der Waals surface area contributed by atoms with E-state index in [9.17, 15) is 4.79 Å². The molecule has 0 unspecified atom stereocenters. The molecule has 1 aliphatic rings. The van der Waals surface area contributed by atoms with Crippen molar-refractivity contribution in [3.05, 3.63) is 18.2 Å². The molecule has 19 heavy (non-hydrogen) atoms. The van der Waals surface area contributed by atoms with E-state index in [-0.39, 0.29) is 11.6 Å². The number of rotatable bonds is 1. The number of anilines is 1. The van der Waals surface area contributed by atoms with Crippen LogP contribution in [0.2, 0.25) is 0 Å². The van der Waals surface area contributed by atoms with Crippen molar-refractivity contribution in [2.45, 2.75) is 26.3 Å². The quantitative estimate of drug-likeness (QED) is 0.847. The van der Waals surface area contributed by atoms with Crippen molar-refractivity contribution in [3.8, 4) is 11.5 Å². The summed E-state index contributed by atoms with van der Waals surface area (Å²) in [5, 5.41) is 2.91. The smallest absolute Gasteiger partial charge is 0.322 e. The molecule has 104 valence electrons. The molecular formula is C14H20N2O3. The van der Waals surface area contributed by atoms with Crippen molar-refractivity contribution >= 4 is 11.7 Å². The molecule has 0 fully saturated rings. The highest BCUT2D eigenvalue weighted by Crippen LogP contribution is 2.33. The summed E-state index contributed by atoms with van der Waals surface area (Å²) in [7, 11) is 1.73. The molecule has 1 aliphatic heterocycles. The summed E-state index contributed by atoms with van der Waals surface area (Å²) in [6.07, 6.45) is 0. The summed E-state index contributed by atoms with van der Waals surface area (Å²) in [6, 6.07) is 5.33. The van der Waals surface area contributed by atoms with Gasteiger partial charge in [0.05, 0.1) is 0 Å². The van der Waals surface area contributed by atoms with Crippen LogP contribution < -0.4 is 19.7 Å². The van der Waals surface area contributed by atoms with Gasteiger partial charge in [0.2, 0.25) is 0 Å². The summed E-state index contributed by atoms with van der Waals surface area (Å²) in [6.45, 7) is 6.94. The van der Waals surface area contributed by atoms with Crippen LogP contribution in [0.15, 0.2) is 18.2 Å². The Bertz CT molecular complexity index is 480. The molecule has 1 aromatic carbocycles. The van der Waals surface area contributed by atoms with Gasteiger partial charge in [0.25, 0.3) is 0 Å². The van der Waals surface area contributed by atoms with E-state index in [0.29, 0.717) is 19.0 Å². The van der Waals surface area contributed by atoms with Gasteiger partial charge in [-0.2, -0.15) is 0 Å². The molecule has 0 saturated heterocycles. The molecule has 1 heterocycles. The van der Waals surface area contributed by atoms with Crippen molar-refractivity contribution in [1.29, 1.82) is 0 Å². The topological polar surface area (TPSA) is 50.8 Å². The third-order valence-corrected chi connectivity index (χ3v) is 2.70. The average Bonchev–Trinajstić information content (AvgIpc) is 2.35. The third-order valence-electron chi connectivity index (χ3n) is 2.70. The van der Waals surface area contributed by atoms with Gasteiger partial charge in [-0.1, -0.05) is 0 Å². The second-order valence-electron chi connectivity index (χ2n) is 5.57. The van der Waals surface area contributed by atoms with E-state index in [0.717, 1.165) is 11.4 Å². The van der Waals surface area contributed by atoms with Crippen LogP contribution in [0.3, 0.4) is 0 Å². The summed E-state index contributed by atoms with van der Waals surface area (Å²) < 4.78 is 11.0. The minimum atomic E-state index is -0.265. The largest absolute Gasteiger partial charge is 0.486 e. The summed E-state index contributed by atoms with van der Waals surface area (Å²) in [5.74, 6) is 1.40. The van der Waals surface area contributed by atoms with Crippen LogP contribution in [0.1, 0.15) is 20.8 Å². The van der Waals surface area contributed by atoms with E-state index < -0.39 is 0 Å². The molecule has 0 saturated carbocycles. The van der Waals surface area contributed by atoms with Gasteiger partial charge in [-0.15, -0.1) is 0 Å². The third kappa shape index (κ3) is 3.30. The first-order valence-corrected chi connectivity index (χ1v) is 6.32. The van der Waals surface area contributed by atoms with Gasteiger partial charge >= 0.3 is 6.03 Å². The molecule has 1 aromatic rings. The standard InChI is InChI=1S/C14H20N2O3/c1-14(2,3)15-13(17)16(4)10-5-6-11-12(9-10)19-8-7-18-11/h5-6,9H,7-8H2,1-4H3,(H,15,17). The zero-order valence-corrected chi connectivity index (χ0v) is 11.8. The number of ether oxygens (including phenoxy) is 2. The van der Waals surface area contributed by atoms with Crippen LogP contribution in [-0.2, 0) is 0 Å². The van der Waals surface area contributed by atoms with Gasteiger partial charge in [-0.3, -0.25) is 4.90 Å². The Morgan fingerprint density at radius 2 is 1.84 bits per heavy atom. The van der Waals surface area contributed by atoms with E-state index in [2.05, 4.69) is 5.32 Å². The predicted octanol–water partition coefficient (Wildman–Crippen LogP) is 2.40. The highest BCUT2D eigenvalue weighted by Gasteiger charge is 2.20. The molecule has 0 aromatic heterocycles. The Kier molecular flexibility index (Phi) is 3.55. The number of carbonyl (C=O) groups is 1. The van der Waals surface area contributed by atoms with Crippen molar-refractivity contribution < 1.29 is 14.3 Å². The molecule has 0 aliphatic carbocycles. The second kappa shape index (κ2) is 4.99. The lowest BCUT2D eigenvalue weighted by atomic mass is 10.1. The number of benzene rings is 1. The monoisotopic (exact) mass is 264 g/mol. The molecule has 0 bridgehead atoms. The normalized spacial score (nSPS) is 13.9. The molecule has 2 rings (SSSR count). The van der Waals surface area contributed by atoms with E-state index in [4.69, 9.17) is 9.47 Å². The van der Waals surface area contributed by atoms with Crippen molar-refractivity contribution in [2.24, 2.45) is 0 Å². The van der Waals surface area contributed by atoms with Crippen molar-refractivity contribution in [1.82, 2.24) is 5.32 Å².